The van der Waals surface area contributed by atoms with E-state index in [2.05, 4.69) is 4.72 Å². The molecule has 1 N–H and O–H groups in total. The first-order chi connectivity index (χ1) is 13.0. The molecule has 1 aromatic rings. The summed E-state index contributed by atoms with van der Waals surface area (Å²) < 4.78 is 42.7. The Morgan fingerprint density at radius 2 is 1.81 bits per heavy atom. The highest BCUT2D eigenvalue weighted by Crippen LogP contribution is 2.26. The quantitative estimate of drug-likeness (QED) is 0.684. The van der Waals surface area contributed by atoms with Crippen molar-refractivity contribution in [3.63, 3.8) is 0 Å². The molecule has 0 bridgehead atoms. The number of rotatable bonds is 7. The smallest absolute Gasteiger partial charge is 0.253 e. The molecule has 8 nitrogen and oxygen atoms in total. The number of hydrogen-bond donors (Lipinski definition) is 1. The molecule has 2 fully saturated rings. The van der Waals surface area contributed by atoms with Crippen LogP contribution in [-0.2, 0) is 24.2 Å². The van der Waals surface area contributed by atoms with Gasteiger partial charge in [0.1, 0.15) is 0 Å². The van der Waals surface area contributed by atoms with Crippen LogP contribution in [0.3, 0.4) is 0 Å². The number of carbonyl (C=O) groups is 1. The molecule has 0 radical (unpaired) electrons. The highest BCUT2D eigenvalue weighted by Gasteiger charge is 2.32. The maximum absolute atomic E-state index is 12.7. The second-order valence-corrected chi connectivity index (χ2v) is 8.42. The Hall–Kier alpha value is -1.52. The molecule has 2 heterocycles. The average molecular weight is 398 g/mol. The molecule has 27 heavy (non-hydrogen) atoms. The van der Waals surface area contributed by atoms with Crippen LogP contribution < -0.4 is 4.72 Å². The van der Waals surface area contributed by atoms with Crippen LogP contribution in [0.4, 0.5) is 0 Å². The van der Waals surface area contributed by atoms with Gasteiger partial charge in [-0.15, -0.1) is 0 Å². The standard InChI is InChI=1S/C18H26N2O6S/c1-24-11-8-19-27(22,23)16-4-2-14(3-5-16)17(21)20-9-6-15(7-10-20)18-25-12-13-26-18/h2-5,15,18-19H,6-13H2,1H3. The van der Waals surface area contributed by atoms with Crippen molar-refractivity contribution in [2.45, 2.75) is 24.0 Å². The van der Waals surface area contributed by atoms with Crippen molar-refractivity contribution in [2.75, 3.05) is 46.6 Å². The zero-order valence-electron chi connectivity index (χ0n) is 15.4. The molecule has 0 aliphatic carbocycles. The second-order valence-electron chi connectivity index (χ2n) is 6.65. The van der Waals surface area contributed by atoms with E-state index in [0.29, 0.717) is 44.4 Å². The highest BCUT2D eigenvalue weighted by atomic mass is 32.2. The summed E-state index contributed by atoms with van der Waals surface area (Å²) in [5.41, 5.74) is 0.484. The van der Waals surface area contributed by atoms with Crippen molar-refractivity contribution in [1.82, 2.24) is 9.62 Å². The Morgan fingerprint density at radius 1 is 1.19 bits per heavy atom. The molecule has 0 unspecified atom stereocenters. The van der Waals surface area contributed by atoms with Gasteiger partial charge < -0.3 is 19.1 Å². The predicted octanol–water partition coefficient (Wildman–Crippen LogP) is 0.836. The van der Waals surface area contributed by atoms with Crippen LogP contribution in [0.1, 0.15) is 23.2 Å². The lowest BCUT2D eigenvalue weighted by atomic mass is 9.95. The Balaban J connectivity index is 1.56. The fourth-order valence-electron chi connectivity index (χ4n) is 3.34. The van der Waals surface area contributed by atoms with Gasteiger partial charge in [-0.25, -0.2) is 13.1 Å². The fourth-order valence-corrected chi connectivity index (χ4v) is 4.36. The van der Waals surface area contributed by atoms with Crippen LogP contribution in [0.25, 0.3) is 0 Å². The number of piperidine rings is 1. The lowest BCUT2D eigenvalue weighted by Gasteiger charge is -2.33. The van der Waals surface area contributed by atoms with E-state index in [1.54, 1.807) is 17.0 Å². The molecule has 1 amide bonds. The van der Waals surface area contributed by atoms with Crippen molar-refractivity contribution < 1.29 is 27.4 Å². The first kappa shape index (κ1) is 20.2. The summed E-state index contributed by atoms with van der Waals surface area (Å²) >= 11 is 0. The van der Waals surface area contributed by atoms with E-state index in [1.165, 1.54) is 19.2 Å². The predicted molar refractivity (Wildman–Crippen MR) is 97.8 cm³/mol. The Morgan fingerprint density at radius 3 is 2.41 bits per heavy atom. The van der Waals surface area contributed by atoms with Gasteiger partial charge in [-0.2, -0.15) is 0 Å². The van der Waals surface area contributed by atoms with Crippen LogP contribution in [0.2, 0.25) is 0 Å². The minimum atomic E-state index is -3.60. The van der Waals surface area contributed by atoms with Crippen LogP contribution in [0, 0.1) is 5.92 Å². The zero-order valence-corrected chi connectivity index (χ0v) is 16.2. The Kier molecular flexibility index (Phi) is 6.83. The lowest BCUT2D eigenvalue weighted by molar-refractivity contribution is -0.0956. The summed E-state index contributed by atoms with van der Waals surface area (Å²) in [6, 6.07) is 6.02. The fraction of sp³-hybridized carbons (Fsp3) is 0.611. The van der Waals surface area contributed by atoms with Gasteiger partial charge in [0, 0.05) is 38.2 Å². The molecule has 0 spiro atoms. The zero-order chi connectivity index (χ0) is 19.3. The second kappa shape index (κ2) is 9.11. The molecule has 2 aliphatic heterocycles. The normalized spacial score (nSPS) is 19.5. The van der Waals surface area contributed by atoms with Crippen LogP contribution in [0.15, 0.2) is 29.2 Å². The van der Waals surface area contributed by atoms with E-state index < -0.39 is 10.0 Å². The number of nitrogens with zero attached hydrogens (tertiary/aromatic N) is 1. The van der Waals surface area contributed by atoms with Gasteiger partial charge in [-0.1, -0.05) is 0 Å². The van der Waals surface area contributed by atoms with Crippen molar-refractivity contribution in [3.05, 3.63) is 29.8 Å². The maximum Gasteiger partial charge on any atom is 0.253 e. The van der Waals surface area contributed by atoms with Crippen molar-refractivity contribution in [2.24, 2.45) is 5.92 Å². The Labute approximate surface area is 159 Å². The molecule has 1 aromatic carbocycles. The number of benzene rings is 1. The monoisotopic (exact) mass is 398 g/mol. The van der Waals surface area contributed by atoms with E-state index in [9.17, 15) is 13.2 Å². The molecular weight excluding hydrogens is 372 g/mol. The van der Waals surface area contributed by atoms with Gasteiger partial charge >= 0.3 is 0 Å². The molecule has 2 saturated heterocycles. The first-order valence-electron chi connectivity index (χ1n) is 9.12. The van der Waals surface area contributed by atoms with Gasteiger partial charge in [-0.3, -0.25) is 4.79 Å². The molecule has 0 saturated carbocycles. The molecule has 0 aromatic heterocycles. The van der Waals surface area contributed by atoms with Crippen molar-refractivity contribution in [3.8, 4) is 0 Å². The SMILES string of the molecule is COCCNS(=O)(=O)c1ccc(C(=O)N2CCC(C3OCCO3)CC2)cc1. The van der Waals surface area contributed by atoms with E-state index in [0.717, 1.165) is 12.8 Å². The minimum Gasteiger partial charge on any atom is -0.383 e. The number of ether oxygens (including phenoxy) is 3. The largest absolute Gasteiger partial charge is 0.383 e. The molecule has 9 heteroatoms. The minimum absolute atomic E-state index is 0.0852. The molecule has 150 valence electrons. The van der Waals surface area contributed by atoms with Gasteiger partial charge in [0.2, 0.25) is 10.0 Å². The maximum atomic E-state index is 12.7. The van der Waals surface area contributed by atoms with Gasteiger partial charge in [0.15, 0.2) is 6.29 Å². The van der Waals surface area contributed by atoms with Crippen molar-refractivity contribution >= 4 is 15.9 Å². The van der Waals surface area contributed by atoms with Crippen LogP contribution in [-0.4, -0.2) is 72.1 Å². The number of likely N-dealkylation sites (tertiary alicyclic amines) is 1. The highest BCUT2D eigenvalue weighted by molar-refractivity contribution is 7.89. The summed E-state index contributed by atoms with van der Waals surface area (Å²) in [6.45, 7) is 3.06. The molecular formula is C18H26N2O6S. The third-order valence-corrected chi connectivity index (χ3v) is 6.35. The first-order valence-corrected chi connectivity index (χ1v) is 10.6. The van der Waals surface area contributed by atoms with Crippen LogP contribution >= 0.6 is 0 Å². The van der Waals surface area contributed by atoms with E-state index in [-0.39, 0.29) is 23.6 Å². The topological polar surface area (TPSA) is 94.2 Å². The average Bonchev–Trinajstić information content (AvgIpc) is 3.23. The summed E-state index contributed by atoms with van der Waals surface area (Å²) in [5.74, 6) is 0.236. The summed E-state index contributed by atoms with van der Waals surface area (Å²) in [5, 5.41) is 0. The van der Waals surface area contributed by atoms with Gasteiger partial charge in [0.05, 0.1) is 24.7 Å². The Bertz CT molecular complexity index is 723. The molecule has 0 atom stereocenters. The number of amides is 1. The van der Waals surface area contributed by atoms with Gasteiger partial charge in [0.25, 0.3) is 5.91 Å². The summed E-state index contributed by atoms with van der Waals surface area (Å²) in [6.07, 6.45) is 1.54. The number of hydrogen-bond acceptors (Lipinski definition) is 6. The number of carbonyl (C=O) groups excluding carboxylic acids is 1. The van der Waals surface area contributed by atoms with E-state index >= 15 is 0 Å². The number of sulfonamides is 1. The molecule has 2 aliphatic rings. The summed E-state index contributed by atoms with van der Waals surface area (Å²) in [4.78, 5) is 14.6. The van der Waals surface area contributed by atoms with E-state index in [4.69, 9.17) is 14.2 Å². The third kappa shape index (κ3) is 5.05. The van der Waals surface area contributed by atoms with Crippen LogP contribution in [0.5, 0.6) is 0 Å². The lowest BCUT2D eigenvalue weighted by Crippen LogP contribution is -2.41. The third-order valence-electron chi connectivity index (χ3n) is 4.87. The van der Waals surface area contributed by atoms with Crippen molar-refractivity contribution in [1.29, 1.82) is 0 Å². The summed E-state index contributed by atoms with van der Waals surface area (Å²) in [7, 11) is -2.09. The number of methoxy groups -OCH3 is 1. The van der Waals surface area contributed by atoms with Gasteiger partial charge in [-0.05, 0) is 37.1 Å². The number of nitrogens with one attached hydrogen (secondary N) is 1. The van der Waals surface area contributed by atoms with E-state index in [1.807, 2.05) is 0 Å². The molecule has 3 rings (SSSR count).